The molecule has 4 heteroatoms. The summed E-state index contributed by atoms with van der Waals surface area (Å²) < 4.78 is 5.58. The number of halogens is 1. The highest BCUT2D eigenvalue weighted by molar-refractivity contribution is 6.30. The first kappa shape index (κ1) is 13.3. The molecule has 2 N–H and O–H groups in total. The van der Waals surface area contributed by atoms with Crippen LogP contribution in [0.1, 0.15) is 12.5 Å². The van der Waals surface area contributed by atoms with Crippen molar-refractivity contribution in [2.24, 2.45) is 0 Å². The van der Waals surface area contributed by atoms with Crippen LogP contribution in [-0.4, -0.2) is 30.9 Å². The van der Waals surface area contributed by atoms with Crippen LogP contribution in [0, 0.1) is 6.92 Å². The van der Waals surface area contributed by atoms with Crippen LogP contribution in [0.5, 0.6) is 5.75 Å². The first-order chi connectivity index (χ1) is 7.63. The third-order valence-electron chi connectivity index (χ3n) is 2.26. The van der Waals surface area contributed by atoms with Crippen molar-refractivity contribution in [1.82, 2.24) is 5.32 Å². The summed E-state index contributed by atoms with van der Waals surface area (Å²) >= 11 is 5.84. The maximum Gasteiger partial charge on any atom is 0.122 e. The normalized spacial score (nSPS) is 12.5. The zero-order valence-electron chi connectivity index (χ0n) is 9.66. The van der Waals surface area contributed by atoms with Crippen LogP contribution in [-0.2, 0) is 0 Å². The number of nitrogens with one attached hydrogen (secondary N) is 1. The van der Waals surface area contributed by atoms with E-state index in [0.717, 1.165) is 16.3 Å². The Morgan fingerprint density at radius 1 is 1.50 bits per heavy atom. The Kier molecular flexibility index (Phi) is 5.60. The third kappa shape index (κ3) is 4.39. The van der Waals surface area contributed by atoms with Crippen LogP contribution in [0.4, 0.5) is 0 Å². The summed E-state index contributed by atoms with van der Waals surface area (Å²) in [7, 11) is 0. The van der Waals surface area contributed by atoms with Crippen LogP contribution < -0.4 is 10.1 Å². The minimum atomic E-state index is 0.106. The summed E-state index contributed by atoms with van der Waals surface area (Å²) in [5.41, 5.74) is 1.03. The molecule has 0 radical (unpaired) electrons. The molecule has 0 aliphatic carbocycles. The van der Waals surface area contributed by atoms with Crippen LogP contribution >= 0.6 is 11.6 Å². The van der Waals surface area contributed by atoms with Crippen molar-refractivity contribution in [3.05, 3.63) is 28.8 Å². The van der Waals surface area contributed by atoms with Crippen LogP contribution in [0.2, 0.25) is 5.02 Å². The topological polar surface area (TPSA) is 41.5 Å². The van der Waals surface area contributed by atoms with Crippen LogP contribution in [0.25, 0.3) is 0 Å². The standard InChI is InChI=1S/C12H18ClNO2/c1-9-7-11(13)3-4-12(9)16-6-5-14-10(2)8-15/h3-4,7,10,14-15H,5-6,8H2,1-2H3/t10-/m1/s1. The van der Waals surface area contributed by atoms with E-state index in [1.165, 1.54) is 0 Å². The molecule has 1 aromatic carbocycles. The fraction of sp³-hybridized carbons (Fsp3) is 0.500. The highest BCUT2D eigenvalue weighted by Crippen LogP contribution is 2.21. The molecular weight excluding hydrogens is 226 g/mol. The number of aryl methyl sites for hydroxylation is 1. The molecule has 0 aliphatic heterocycles. The van der Waals surface area contributed by atoms with Gasteiger partial charge in [-0.05, 0) is 37.6 Å². The SMILES string of the molecule is Cc1cc(Cl)ccc1OCCN[C@H](C)CO. The van der Waals surface area contributed by atoms with E-state index in [4.69, 9.17) is 21.4 Å². The lowest BCUT2D eigenvalue weighted by Crippen LogP contribution is -2.32. The molecule has 3 nitrogen and oxygen atoms in total. The van der Waals surface area contributed by atoms with Gasteiger partial charge in [0, 0.05) is 17.6 Å². The van der Waals surface area contributed by atoms with Gasteiger partial charge in [-0.1, -0.05) is 11.6 Å². The van der Waals surface area contributed by atoms with Crippen molar-refractivity contribution >= 4 is 11.6 Å². The number of rotatable bonds is 6. The average molecular weight is 244 g/mol. The van der Waals surface area contributed by atoms with Crippen molar-refractivity contribution in [2.75, 3.05) is 19.8 Å². The smallest absolute Gasteiger partial charge is 0.122 e. The summed E-state index contributed by atoms with van der Waals surface area (Å²) in [5.74, 6) is 0.850. The maximum absolute atomic E-state index is 8.81. The average Bonchev–Trinajstić information content (AvgIpc) is 2.26. The molecule has 1 aromatic rings. The van der Waals surface area contributed by atoms with E-state index in [-0.39, 0.29) is 12.6 Å². The summed E-state index contributed by atoms with van der Waals surface area (Å²) in [6, 6.07) is 5.66. The minimum Gasteiger partial charge on any atom is -0.492 e. The van der Waals surface area contributed by atoms with Gasteiger partial charge in [-0.25, -0.2) is 0 Å². The van der Waals surface area contributed by atoms with Crippen molar-refractivity contribution in [1.29, 1.82) is 0 Å². The number of aliphatic hydroxyl groups excluding tert-OH is 1. The largest absolute Gasteiger partial charge is 0.492 e. The second-order valence-electron chi connectivity index (χ2n) is 3.80. The molecule has 16 heavy (non-hydrogen) atoms. The molecule has 0 bridgehead atoms. The molecule has 0 amide bonds. The van der Waals surface area contributed by atoms with Gasteiger partial charge in [-0.2, -0.15) is 0 Å². The monoisotopic (exact) mass is 243 g/mol. The van der Waals surface area contributed by atoms with Crippen molar-refractivity contribution in [2.45, 2.75) is 19.9 Å². The Balaban J connectivity index is 2.32. The van der Waals surface area contributed by atoms with E-state index < -0.39 is 0 Å². The summed E-state index contributed by atoms with van der Waals surface area (Å²) in [6.07, 6.45) is 0. The Bertz CT molecular complexity index is 331. The van der Waals surface area contributed by atoms with Gasteiger partial charge in [0.25, 0.3) is 0 Å². The predicted octanol–water partition coefficient (Wildman–Crippen LogP) is 2.00. The Morgan fingerprint density at radius 2 is 2.25 bits per heavy atom. The Hall–Kier alpha value is -0.770. The first-order valence-corrected chi connectivity index (χ1v) is 5.74. The quantitative estimate of drug-likeness (QED) is 0.751. The fourth-order valence-corrected chi connectivity index (χ4v) is 1.53. The number of benzene rings is 1. The second kappa shape index (κ2) is 6.74. The highest BCUT2D eigenvalue weighted by atomic mass is 35.5. The molecule has 1 rings (SSSR count). The van der Waals surface area contributed by atoms with Gasteiger partial charge >= 0.3 is 0 Å². The van der Waals surface area contributed by atoms with Crippen molar-refractivity contribution in [3.63, 3.8) is 0 Å². The molecule has 0 spiro atoms. The lowest BCUT2D eigenvalue weighted by Gasteiger charge is -2.12. The molecule has 1 atom stereocenters. The van der Waals surface area contributed by atoms with E-state index in [2.05, 4.69) is 5.32 Å². The number of hydrogen-bond donors (Lipinski definition) is 2. The van der Waals surface area contributed by atoms with E-state index in [0.29, 0.717) is 13.2 Å². The lowest BCUT2D eigenvalue weighted by atomic mass is 10.2. The van der Waals surface area contributed by atoms with Gasteiger partial charge in [-0.3, -0.25) is 0 Å². The van der Waals surface area contributed by atoms with E-state index in [1.807, 2.05) is 32.0 Å². The van der Waals surface area contributed by atoms with Gasteiger partial charge in [0.15, 0.2) is 0 Å². The number of aliphatic hydroxyl groups is 1. The zero-order chi connectivity index (χ0) is 12.0. The van der Waals surface area contributed by atoms with Gasteiger partial charge in [-0.15, -0.1) is 0 Å². The van der Waals surface area contributed by atoms with Gasteiger partial charge in [0.05, 0.1) is 6.61 Å². The molecule has 0 heterocycles. The van der Waals surface area contributed by atoms with Gasteiger partial charge in [0.1, 0.15) is 12.4 Å². The van der Waals surface area contributed by atoms with E-state index in [1.54, 1.807) is 0 Å². The van der Waals surface area contributed by atoms with Crippen molar-refractivity contribution in [3.8, 4) is 5.75 Å². The van der Waals surface area contributed by atoms with Crippen molar-refractivity contribution < 1.29 is 9.84 Å². The van der Waals surface area contributed by atoms with Crippen LogP contribution in [0.3, 0.4) is 0 Å². The first-order valence-electron chi connectivity index (χ1n) is 5.36. The van der Waals surface area contributed by atoms with E-state index in [9.17, 15) is 0 Å². The third-order valence-corrected chi connectivity index (χ3v) is 2.50. The Labute approximate surface area is 101 Å². The molecule has 90 valence electrons. The number of ether oxygens (including phenoxy) is 1. The number of hydrogen-bond acceptors (Lipinski definition) is 3. The molecule has 0 unspecified atom stereocenters. The molecular formula is C12H18ClNO2. The fourth-order valence-electron chi connectivity index (χ4n) is 1.31. The summed E-state index contributed by atoms with van der Waals surface area (Å²) in [5, 5.41) is 12.7. The Morgan fingerprint density at radius 3 is 2.88 bits per heavy atom. The summed E-state index contributed by atoms with van der Waals surface area (Å²) in [6.45, 7) is 5.31. The molecule has 0 saturated heterocycles. The molecule has 0 aliphatic rings. The van der Waals surface area contributed by atoms with E-state index >= 15 is 0 Å². The second-order valence-corrected chi connectivity index (χ2v) is 4.23. The molecule has 0 aromatic heterocycles. The zero-order valence-corrected chi connectivity index (χ0v) is 10.4. The van der Waals surface area contributed by atoms with Gasteiger partial charge in [0.2, 0.25) is 0 Å². The minimum absolute atomic E-state index is 0.106. The predicted molar refractivity (Wildman–Crippen MR) is 66.2 cm³/mol. The summed E-state index contributed by atoms with van der Waals surface area (Å²) in [4.78, 5) is 0. The molecule has 0 fully saturated rings. The highest BCUT2D eigenvalue weighted by Gasteiger charge is 2.01. The van der Waals surface area contributed by atoms with Gasteiger partial charge < -0.3 is 15.2 Å². The lowest BCUT2D eigenvalue weighted by molar-refractivity contribution is 0.239. The maximum atomic E-state index is 8.81. The van der Waals surface area contributed by atoms with Crippen LogP contribution in [0.15, 0.2) is 18.2 Å². The molecule has 0 saturated carbocycles.